The number of hydrogen-bond acceptors (Lipinski definition) is 6. The molecular formula is C16H18N6O2. The highest BCUT2D eigenvalue weighted by molar-refractivity contribution is 5.93. The smallest absolute Gasteiger partial charge is 0.273 e. The Labute approximate surface area is 138 Å². The Morgan fingerprint density at radius 3 is 2.75 bits per heavy atom. The van der Waals surface area contributed by atoms with E-state index in [1.807, 2.05) is 19.9 Å². The van der Waals surface area contributed by atoms with Crippen LogP contribution in [0.2, 0.25) is 0 Å². The second-order valence-electron chi connectivity index (χ2n) is 5.73. The second-order valence-corrected chi connectivity index (χ2v) is 5.73. The largest absolute Gasteiger partial charge is 0.355 e. The third kappa shape index (κ3) is 3.65. The molecule has 124 valence electrons. The molecule has 8 heteroatoms. The van der Waals surface area contributed by atoms with Crippen LogP contribution in [-0.4, -0.2) is 37.1 Å². The molecule has 0 aliphatic carbocycles. The maximum Gasteiger partial charge on any atom is 0.273 e. The van der Waals surface area contributed by atoms with Gasteiger partial charge in [0.2, 0.25) is 0 Å². The van der Waals surface area contributed by atoms with Gasteiger partial charge >= 0.3 is 0 Å². The fourth-order valence-corrected chi connectivity index (χ4v) is 2.21. The van der Waals surface area contributed by atoms with Gasteiger partial charge in [-0.15, -0.1) is 0 Å². The van der Waals surface area contributed by atoms with E-state index in [1.165, 1.54) is 0 Å². The van der Waals surface area contributed by atoms with Gasteiger partial charge in [-0.05, 0) is 18.1 Å². The predicted molar refractivity (Wildman–Crippen MR) is 85.8 cm³/mol. The van der Waals surface area contributed by atoms with Crippen molar-refractivity contribution < 1.29 is 9.32 Å². The number of hydrogen-bond donors (Lipinski definition) is 1. The number of rotatable bonds is 6. The number of pyridine rings is 1. The van der Waals surface area contributed by atoms with Crippen molar-refractivity contribution in [3.63, 3.8) is 0 Å². The summed E-state index contributed by atoms with van der Waals surface area (Å²) in [7, 11) is 0. The van der Waals surface area contributed by atoms with Crippen LogP contribution in [-0.2, 0) is 6.54 Å². The first-order valence-electron chi connectivity index (χ1n) is 7.65. The fraction of sp³-hybridized carbons (Fsp3) is 0.312. The lowest BCUT2D eigenvalue weighted by Gasteiger charge is -2.21. The summed E-state index contributed by atoms with van der Waals surface area (Å²) in [6, 6.07) is 5.12. The minimum Gasteiger partial charge on any atom is -0.355 e. The Morgan fingerprint density at radius 2 is 2.08 bits per heavy atom. The van der Waals surface area contributed by atoms with Crippen LogP contribution in [0.15, 0.2) is 47.5 Å². The van der Waals surface area contributed by atoms with Crippen molar-refractivity contribution in [2.75, 3.05) is 0 Å². The summed E-state index contributed by atoms with van der Waals surface area (Å²) in [5.74, 6) is 0.424. The minimum absolute atomic E-state index is 0.122. The zero-order valence-corrected chi connectivity index (χ0v) is 13.5. The predicted octanol–water partition coefficient (Wildman–Crippen LogP) is 1.78. The molecule has 0 radical (unpaired) electrons. The summed E-state index contributed by atoms with van der Waals surface area (Å²) < 4.78 is 5.24. The summed E-state index contributed by atoms with van der Waals surface area (Å²) >= 11 is 0. The molecule has 0 aliphatic heterocycles. The van der Waals surface area contributed by atoms with Crippen LogP contribution in [0, 0.1) is 5.92 Å². The van der Waals surface area contributed by atoms with E-state index in [0.29, 0.717) is 12.3 Å². The highest BCUT2D eigenvalue weighted by Gasteiger charge is 2.21. The Bertz CT molecular complexity index is 782. The Balaban J connectivity index is 1.70. The third-order valence-electron chi connectivity index (χ3n) is 3.64. The van der Waals surface area contributed by atoms with Gasteiger partial charge in [-0.25, -0.2) is 0 Å². The molecule has 0 bridgehead atoms. The van der Waals surface area contributed by atoms with Crippen LogP contribution in [0.25, 0.3) is 11.3 Å². The second kappa shape index (κ2) is 7.03. The zero-order valence-electron chi connectivity index (χ0n) is 13.5. The van der Waals surface area contributed by atoms with Crippen molar-refractivity contribution in [1.82, 2.24) is 30.5 Å². The van der Waals surface area contributed by atoms with Crippen molar-refractivity contribution in [1.29, 1.82) is 0 Å². The van der Waals surface area contributed by atoms with Crippen LogP contribution in [0.1, 0.15) is 24.3 Å². The van der Waals surface area contributed by atoms with Crippen molar-refractivity contribution in [3.05, 3.63) is 48.7 Å². The molecule has 3 rings (SSSR count). The monoisotopic (exact) mass is 326 g/mol. The molecule has 0 saturated heterocycles. The topological polar surface area (TPSA) is 98.7 Å². The van der Waals surface area contributed by atoms with E-state index in [0.717, 1.165) is 5.56 Å². The van der Waals surface area contributed by atoms with Crippen molar-refractivity contribution >= 4 is 5.91 Å². The highest BCUT2D eigenvalue weighted by Crippen LogP contribution is 2.19. The van der Waals surface area contributed by atoms with Gasteiger partial charge in [-0.1, -0.05) is 19.0 Å². The lowest BCUT2D eigenvalue weighted by atomic mass is 10.0. The molecule has 1 unspecified atom stereocenters. The number of carbonyl (C=O) groups is 1. The summed E-state index contributed by atoms with van der Waals surface area (Å²) in [5.41, 5.74) is 0.998. The van der Waals surface area contributed by atoms with Gasteiger partial charge in [0.25, 0.3) is 5.91 Å². The van der Waals surface area contributed by atoms with Crippen LogP contribution >= 0.6 is 0 Å². The molecule has 0 aliphatic rings. The lowest BCUT2D eigenvalue weighted by molar-refractivity contribution is 0.0908. The summed E-state index contributed by atoms with van der Waals surface area (Å²) in [6.45, 7) is 4.54. The van der Waals surface area contributed by atoms with Gasteiger partial charge in [0.05, 0.1) is 25.0 Å². The number of carbonyl (C=O) groups excluding carboxylic acids is 1. The Kier molecular flexibility index (Phi) is 4.64. The maximum absolute atomic E-state index is 12.4. The number of aromatic nitrogens is 5. The number of amides is 1. The van der Waals surface area contributed by atoms with E-state index in [1.54, 1.807) is 41.7 Å². The van der Waals surface area contributed by atoms with Crippen LogP contribution in [0.4, 0.5) is 0 Å². The van der Waals surface area contributed by atoms with E-state index >= 15 is 0 Å². The van der Waals surface area contributed by atoms with Gasteiger partial charge in [-0.2, -0.15) is 15.0 Å². The van der Waals surface area contributed by atoms with Gasteiger partial charge in [0.15, 0.2) is 11.5 Å². The average molecular weight is 326 g/mol. The summed E-state index contributed by atoms with van der Waals surface area (Å²) in [4.78, 5) is 18.0. The van der Waals surface area contributed by atoms with Crippen molar-refractivity contribution in [3.8, 4) is 11.3 Å². The molecule has 3 aromatic rings. The van der Waals surface area contributed by atoms with Crippen LogP contribution < -0.4 is 5.32 Å². The minimum atomic E-state index is -0.292. The number of nitrogens with zero attached hydrogens (tertiary/aromatic N) is 5. The molecule has 24 heavy (non-hydrogen) atoms. The van der Waals surface area contributed by atoms with Gasteiger partial charge < -0.3 is 9.84 Å². The van der Waals surface area contributed by atoms with Gasteiger partial charge in [-0.3, -0.25) is 9.78 Å². The standard InChI is InChI=1S/C16H18N6O2/c1-11(2)14(10-22-18-6-7-19-22)20-16(23)13-8-15(24-21-13)12-4-3-5-17-9-12/h3-9,11,14H,10H2,1-2H3,(H,20,23). The van der Waals surface area contributed by atoms with E-state index in [4.69, 9.17) is 4.52 Å². The highest BCUT2D eigenvalue weighted by atomic mass is 16.5. The Morgan fingerprint density at radius 1 is 1.29 bits per heavy atom. The molecule has 0 saturated carbocycles. The maximum atomic E-state index is 12.4. The van der Waals surface area contributed by atoms with E-state index in [2.05, 4.69) is 25.7 Å². The van der Waals surface area contributed by atoms with E-state index in [9.17, 15) is 4.79 Å². The molecule has 0 aromatic carbocycles. The summed E-state index contributed by atoms with van der Waals surface area (Å²) in [5, 5.41) is 15.0. The molecule has 1 atom stereocenters. The van der Waals surface area contributed by atoms with Crippen molar-refractivity contribution in [2.45, 2.75) is 26.4 Å². The molecule has 3 aromatic heterocycles. The summed E-state index contributed by atoms with van der Waals surface area (Å²) in [6.07, 6.45) is 6.54. The van der Waals surface area contributed by atoms with E-state index < -0.39 is 0 Å². The normalized spacial score (nSPS) is 12.3. The number of nitrogens with one attached hydrogen (secondary N) is 1. The zero-order chi connectivity index (χ0) is 16.9. The first-order chi connectivity index (χ1) is 11.6. The molecule has 0 fully saturated rings. The first kappa shape index (κ1) is 15.9. The molecule has 3 heterocycles. The van der Waals surface area contributed by atoms with Crippen LogP contribution in [0.3, 0.4) is 0 Å². The SMILES string of the molecule is CC(C)C(Cn1nccn1)NC(=O)c1cc(-c2cccnc2)on1. The van der Waals surface area contributed by atoms with Crippen LogP contribution in [0.5, 0.6) is 0 Å². The lowest BCUT2D eigenvalue weighted by Crippen LogP contribution is -2.42. The third-order valence-corrected chi connectivity index (χ3v) is 3.64. The Hall–Kier alpha value is -3.03. The average Bonchev–Trinajstić information content (AvgIpc) is 3.26. The first-order valence-corrected chi connectivity index (χ1v) is 7.65. The molecule has 1 amide bonds. The molecule has 8 nitrogen and oxygen atoms in total. The quantitative estimate of drug-likeness (QED) is 0.741. The van der Waals surface area contributed by atoms with Crippen molar-refractivity contribution in [2.24, 2.45) is 5.92 Å². The van der Waals surface area contributed by atoms with Gasteiger partial charge in [0, 0.05) is 24.0 Å². The van der Waals surface area contributed by atoms with Gasteiger partial charge in [0.1, 0.15) is 0 Å². The fourth-order valence-electron chi connectivity index (χ4n) is 2.21. The molecular weight excluding hydrogens is 308 g/mol. The molecule has 0 spiro atoms. The molecule has 1 N–H and O–H groups in total. The van der Waals surface area contributed by atoms with E-state index in [-0.39, 0.29) is 23.6 Å².